The summed E-state index contributed by atoms with van der Waals surface area (Å²) in [5.74, 6) is 0.0675. The molecule has 4 heterocycles. The lowest BCUT2D eigenvalue weighted by Gasteiger charge is -2.35. The molecular formula is C24H25N5O. The van der Waals surface area contributed by atoms with Gasteiger partial charge in [-0.3, -0.25) is 4.79 Å². The Bertz CT molecular complexity index is 1210. The van der Waals surface area contributed by atoms with Crippen LogP contribution in [0, 0.1) is 0 Å². The lowest BCUT2D eigenvalue weighted by molar-refractivity contribution is 0.0667. The number of hydrogen-bond acceptors (Lipinski definition) is 4. The average Bonchev–Trinajstić information content (AvgIpc) is 3.14. The van der Waals surface area contributed by atoms with Crippen LogP contribution in [0.4, 0.5) is 0 Å². The third-order valence-corrected chi connectivity index (χ3v) is 6.16. The summed E-state index contributed by atoms with van der Waals surface area (Å²) in [6, 6.07) is 16.5. The molecule has 1 amide bonds. The summed E-state index contributed by atoms with van der Waals surface area (Å²) < 4.78 is 2.00. The Morgan fingerprint density at radius 3 is 2.47 bits per heavy atom. The molecule has 1 aliphatic heterocycles. The number of nitrogens with zero attached hydrogens (tertiary/aromatic N) is 5. The smallest absolute Gasteiger partial charge is 0.256 e. The van der Waals surface area contributed by atoms with Crippen molar-refractivity contribution in [3.05, 3.63) is 66.6 Å². The Kier molecular flexibility index (Phi) is 4.71. The molecule has 1 aromatic carbocycles. The first-order valence-electron chi connectivity index (χ1n) is 10.4. The summed E-state index contributed by atoms with van der Waals surface area (Å²) in [6.07, 6.45) is 5.53. The number of fused-ring (bicyclic) bond motifs is 3. The number of likely N-dealkylation sites (tertiary alicyclic amines) is 1. The van der Waals surface area contributed by atoms with Gasteiger partial charge in [0.1, 0.15) is 12.0 Å². The number of carbonyl (C=O) groups excluding carboxylic acids is 1. The highest BCUT2D eigenvalue weighted by Crippen LogP contribution is 2.34. The number of piperidine rings is 1. The summed E-state index contributed by atoms with van der Waals surface area (Å²) >= 11 is 0. The van der Waals surface area contributed by atoms with Gasteiger partial charge in [-0.1, -0.05) is 36.4 Å². The average molecular weight is 399 g/mol. The third-order valence-electron chi connectivity index (χ3n) is 6.16. The molecule has 0 atom stereocenters. The van der Waals surface area contributed by atoms with Crippen molar-refractivity contribution in [2.45, 2.75) is 18.9 Å². The van der Waals surface area contributed by atoms with Crippen LogP contribution in [-0.4, -0.2) is 63.3 Å². The highest BCUT2D eigenvalue weighted by molar-refractivity contribution is 6.16. The van der Waals surface area contributed by atoms with E-state index in [-0.39, 0.29) is 5.91 Å². The molecule has 0 saturated carbocycles. The molecule has 3 aromatic heterocycles. The van der Waals surface area contributed by atoms with E-state index in [0.29, 0.717) is 11.6 Å². The first-order valence-corrected chi connectivity index (χ1v) is 10.4. The molecule has 6 heteroatoms. The minimum absolute atomic E-state index is 0.0675. The van der Waals surface area contributed by atoms with Crippen LogP contribution < -0.4 is 0 Å². The van der Waals surface area contributed by atoms with E-state index in [1.165, 1.54) is 0 Å². The lowest BCUT2D eigenvalue weighted by atomic mass is 10.0. The number of rotatable bonds is 3. The minimum Gasteiger partial charge on any atom is -0.338 e. The van der Waals surface area contributed by atoms with Crippen LogP contribution in [0.5, 0.6) is 0 Å². The highest BCUT2D eigenvalue weighted by atomic mass is 16.2. The van der Waals surface area contributed by atoms with Gasteiger partial charge in [0, 0.05) is 30.9 Å². The Morgan fingerprint density at radius 1 is 1.00 bits per heavy atom. The number of benzene rings is 1. The fourth-order valence-electron chi connectivity index (χ4n) is 4.52. The van der Waals surface area contributed by atoms with E-state index in [1.54, 1.807) is 6.33 Å². The molecule has 152 valence electrons. The first kappa shape index (κ1) is 18.8. The highest BCUT2D eigenvalue weighted by Gasteiger charge is 2.29. The van der Waals surface area contributed by atoms with Gasteiger partial charge in [0.2, 0.25) is 0 Å². The van der Waals surface area contributed by atoms with Gasteiger partial charge in [-0.15, -0.1) is 0 Å². The van der Waals surface area contributed by atoms with Crippen molar-refractivity contribution in [2.24, 2.45) is 0 Å². The lowest BCUT2D eigenvalue weighted by Crippen LogP contribution is -2.44. The van der Waals surface area contributed by atoms with Crippen LogP contribution in [0.1, 0.15) is 23.2 Å². The standard InChI is InChI=1S/C24H25N5O/c1-27(2)18-11-14-28(15-12-18)24(30)20-19-10-6-7-13-29(19)23-21(20)22(25-16-26-23)17-8-4-3-5-9-17/h3-10,13,16,18H,11-12,14-15H2,1-2H3. The zero-order chi connectivity index (χ0) is 20.7. The van der Waals surface area contributed by atoms with E-state index < -0.39 is 0 Å². The number of aromatic nitrogens is 3. The third kappa shape index (κ3) is 3.04. The quantitative estimate of drug-likeness (QED) is 0.527. The van der Waals surface area contributed by atoms with Gasteiger partial charge in [0.25, 0.3) is 5.91 Å². The van der Waals surface area contributed by atoms with Crippen LogP contribution in [0.3, 0.4) is 0 Å². The van der Waals surface area contributed by atoms with Crippen LogP contribution in [0.2, 0.25) is 0 Å². The van der Waals surface area contributed by atoms with Crippen molar-refractivity contribution in [2.75, 3.05) is 27.2 Å². The number of amides is 1. The van der Waals surface area contributed by atoms with E-state index in [2.05, 4.69) is 29.0 Å². The summed E-state index contributed by atoms with van der Waals surface area (Å²) in [7, 11) is 4.22. The first-order chi connectivity index (χ1) is 14.6. The van der Waals surface area contributed by atoms with Crippen molar-refractivity contribution < 1.29 is 4.79 Å². The predicted molar refractivity (Wildman–Crippen MR) is 119 cm³/mol. The molecule has 0 bridgehead atoms. The van der Waals surface area contributed by atoms with Crippen molar-refractivity contribution in [1.29, 1.82) is 0 Å². The Balaban J connectivity index is 1.68. The molecule has 0 unspecified atom stereocenters. The largest absolute Gasteiger partial charge is 0.338 e. The van der Waals surface area contributed by atoms with E-state index in [9.17, 15) is 4.79 Å². The molecule has 0 radical (unpaired) electrons. The van der Waals surface area contributed by atoms with E-state index in [4.69, 9.17) is 0 Å². The van der Waals surface area contributed by atoms with E-state index in [1.807, 2.05) is 64.0 Å². The summed E-state index contributed by atoms with van der Waals surface area (Å²) in [5, 5.41) is 0.828. The molecule has 0 spiro atoms. The van der Waals surface area contributed by atoms with Crippen LogP contribution >= 0.6 is 0 Å². The second kappa shape index (κ2) is 7.54. The zero-order valence-electron chi connectivity index (χ0n) is 17.3. The topological polar surface area (TPSA) is 53.7 Å². The number of carbonyl (C=O) groups is 1. The maximum atomic E-state index is 13.8. The molecular weight excluding hydrogens is 374 g/mol. The Hall–Kier alpha value is -3.25. The predicted octanol–water partition coefficient (Wildman–Crippen LogP) is 3.72. The molecule has 1 aliphatic rings. The Morgan fingerprint density at radius 2 is 1.73 bits per heavy atom. The Labute approximate surface area is 175 Å². The molecule has 1 fully saturated rings. The molecule has 0 N–H and O–H groups in total. The fourth-order valence-corrected chi connectivity index (χ4v) is 4.52. The molecule has 6 nitrogen and oxygen atoms in total. The molecule has 0 aliphatic carbocycles. The van der Waals surface area contributed by atoms with Gasteiger partial charge in [-0.25, -0.2) is 9.97 Å². The maximum Gasteiger partial charge on any atom is 0.256 e. The van der Waals surface area contributed by atoms with E-state index >= 15 is 0 Å². The van der Waals surface area contributed by atoms with Gasteiger partial charge < -0.3 is 14.2 Å². The van der Waals surface area contributed by atoms with Gasteiger partial charge >= 0.3 is 0 Å². The molecule has 5 rings (SSSR count). The zero-order valence-corrected chi connectivity index (χ0v) is 17.3. The number of hydrogen-bond donors (Lipinski definition) is 0. The summed E-state index contributed by atoms with van der Waals surface area (Å²) in [5.41, 5.74) is 4.14. The van der Waals surface area contributed by atoms with Crippen LogP contribution in [0.15, 0.2) is 61.1 Å². The van der Waals surface area contributed by atoms with Crippen molar-refractivity contribution in [3.8, 4) is 11.3 Å². The second-order valence-electron chi connectivity index (χ2n) is 8.10. The van der Waals surface area contributed by atoms with Gasteiger partial charge in [0.05, 0.1) is 22.2 Å². The van der Waals surface area contributed by atoms with Crippen LogP contribution in [-0.2, 0) is 0 Å². The summed E-state index contributed by atoms with van der Waals surface area (Å²) in [6.45, 7) is 1.53. The van der Waals surface area contributed by atoms with Crippen molar-refractivity contribution in [1.82, 2.24) is 24.2 Å². The molecule has 30 heavy (non-hydrogen) atoms. The molecule has 1 saturated heterocycles. The van der Waals surface area contributed by atoms with E-state index in [0.717, 1.165) is 53.7 Å². The minimum atomic E-state index is 0.0675. The van der Waals surface area contributed by atoms with Gasteiger partial charge in [0.15, 0.2) is 0 Å². The maximum absolute atomic E-state index is 13.8. The van der Waals surface area contributed by atoms with Crippen molar-refractivity contribution in [3.63, 3.8) is 0 Å². The molecule has 4 aromatic rings. The SMILES string of the molecule is CN(C)C1CCN(C(=O)c2c3c(-c4ccccc4)ncnc3n3ccccc23)CC1. The number of pyridine rings is 1. The van der Waals surface area contributed by atoms with Crippen molar-refractivity contribution >= 4 is 22.5 Å². The second-order valence-corrected chi connectivity index (χ2v) is 8.10. The van der Waals surface area contributed by atoms with Crippen LogP contribution in [0.25, 0.3) is 27.8 Å². The van der Waals surface area contributed by atoms with Gasteiger partial charge in [-0.2, -0.15) is 0 Å². The summed E-state index contributed by atoms with van der Waals surface area (Å²) in [4.78, 5) is 27.2. The normalized spacial score (nSPS) is 15.4. The monoisotopic (exact) mass is 399 g/mol. The van der Waals surface area contributed by atoms with Gasteiger partial charge in [-0.05, 0) is 39.1 Å². The fraction of sp³-hybridized carbons (Fsp3) is 0.292.